The van der Waals surface area contributed by atoms with E-state index in [2.05, 4.69) is 9.97 Å². The molecule has 0 aliphatic carbocycles. The maximum Gasteiger partial charge on any atom is 0.410 e. The number of likely N-dealkylation sites (tertiary alicyclic amines) is 1. The maximum absolute atomic E-state index is 14.9. The van der Waals surface area contributed by atoms with Gasteiger partial charge in [0.05, 0.1) is 12.2 Å². The van der Waals surface area contributed by atoms with Crippen LogP contribution in [0.3, 0.4) is 0 Å². The predicted molar refractivity (Wildman–Crippen MR) is 153 cm³/mol. The van der Waals surface area contributed by atoms with Gasteiger partial charge in [-0.2, -0.15) is 5.10 Å². The Morgan fingerprint density at radius 1 is 1.12 bits per heavy atom. The lowest BCUT2D eigenvalue weighted by Gasteiger charge is -2.35. The Morgan fingerprint density at radius 2 is 1.93 bits per heavy atom. The van der Waals surface area contributed by atoms with Crippen molar-refractivity contribution in [2.75, 3.05) is 13.1 Å². The first-order chi connectivity index (χ1) is 19.7. The van der Waals surface area contributed by atoms with E-state index < -0.39 is 24.0 Å². The molecule has 9 nitrogen and oxygen atoms in total. The zero-order valence-electron chi connectivity index (χ0n) is 23.8. The molecule has 2 unspecified atom stereocenters. The second kappa shape index (κ2) is 12.0. The molecule has 1 amide bonds. The molecular formula is C31H35FN6O3. The Hall–Kier alpha value is -4.34. The first-order valence-electron chi connectivity index (χ1n) is 13.9. The smallest absolute Gasteiger partial charge is 0.410 e. The highest BCUT2D eigenvalue weighted by atomic mass is 19.1. The van der Waals surface area contributed by atoms with Crippen LogP contribution in [0.2, 0.25) is 0 Å². The Labute approximate surface area is 239 Å². The van der Waals surface area contributed by atoms with Crippen molar-refractivity contribution < 1.29 is 18.7 Å². The van der Waals surface area contributed by atoms with Crippen LogP contribution in [-0.2, 0) is 17.7 Å². The normalized spacial score (nSPS) is 17.3. The lowest BCUT2D eigenvalue weighted by Crippen LogP contribution is -2.50. The van der Waals surface area contributed by atoms with Crippen molar-refractivity contribution in [1.82, 2.24) is 29.6 Å². The minimum atomic E-state index is -1.30. The molecule has 1 aliphatic heterocycles. The number of hydrogen-bond donors (Lipinski definition) is 0. The zero-order chi connectivity index (χ0) is 29.0. The summed E-state index contributed by atoms with van der Waals surface area (Å²) in [5.74, 6) is 1.26. The molecule has 0 N–H and O–H groups in total. The van der Waals surface area contributed by atoms with E-state index in [-0.39, 0.29) is 6.54 Å². The third-order valence-electron chi connectivity index (χ3n) is 6.71. The minimum Gasteiger partial charge on any atom is -0.487 e. The van der Waals surface area contributed by atoms with Crippen LogP contribution in [-0.4, -0.2) is 66.7 Å². The van der Waals surface area contributed by atoms with Gasteiger partial charge in [0.1, 0.15) is 29.0 Å². The van der Waals surface area contributed by atoms with Crippen molar-refractivity contribution >= 4 is 6.09 Å². The average molecular weight is 559 g/mol. The number of rotatable bonds is 7. The van der Waals surface area contributed by atoms with E-state index in [4.69, 9.17) is 19.6 Å². The number of piperidine rings is 1. The summed E-state index contributed by atoms with van der Waals surface area (Å²) < 4.78 is 28.1. The molecule has 2 atom stereocenters. The molecule has 4 aromatic rings. The SMILES string of the molecule is CCn1cc(-c2ccnc(Cc3ccc(OC4CCN(C(=O)OC(C)(C)C)CC4F)cc3)n2)c(-c2cccnc2)n1. The van der Waals surface area contributed by atoms with Crippen molar-refractivity contribution in [2.24, 2.45) is 0 Å². The minimum absolute atomic E-state index is 0.0506. The van der Waals surface area contributed by atoms with Crippen LogP contribution in [0, 0.1) is 0 Å². The zero-order valence-corrected chi connectivity index (χ0v) is 23.8. The van der Waals surface area contributed by atoms with E-state index in [1.54, 1.807) is 39.4 Å². The Balaban J connectivity index is 1.23. The first kappa shape index (κ1) is 28.2. The number of ether oxygens (including phenoxy) is 2. The number of carbonyl (C=O) groups excluding carboxylic acids is 1. The molecule has 5 rings (SSSR count). The summed E-state index contributed by atoms with van der Waals surface area (Å²) in [6, 6.07) is 13.3. The van der Waals surface area contributed by atoms with Crippen molar-refractivity contribution in [3.63, 3.8) is 0 Å². The van der Waals surface area contributed by atoms with Gasteiger partial charge in [-0.15, -0.1) is 0 Å². The Kier molecular flexibility index (Phi) is 8.28. The van der Waals surface area contributed by atoms with E-state index in [1.807, 2.05) is 60.3 Å². The van der Waals surface area contributed by atoms with Crippen molar-refractivity contribution in [3.8, 4) is 28.3 Å². The van der Waals surface area contributed by atoms with Gasteiger partial charge in [-0.25, -0.2) is 19.2 Å². The van der Waals surface area contributed by atoms with Crippen LogP contribution in [0.1, 0.15) is 45.5 Å². The van der Waals surface area contributed by atoms with E-state index >= 15 is 0 Å². The van der Waals surface area contributed by atoms with Crippen LogP contribution < -0.4 is 4.74 Å². The third-order valence-corrected chi connectivity index (χ3v) is 6.71. The second-order valence-electron chi connectivity index (χ2n) is 11.1. The number of halogens is 1. The lowest BCUT2D eigenvalue weighted by atomic mass is 10.1. The quantitative estimate of drug-likeness (QED) is 0.285. The summed E-state index contributed by atoms with van der Waals surface area (Å²) in [6.45, 7) is 8.50. The van der Waals surface area contributed by atoms with Gasteiger partial charge in [0.2, 0.25) is 0 Å². The van der Waals surface area contributed by atoms with Gasteiger partial charge in [0, 0.05) is 61.8 Å². The maximum atomic E-state index is 14.9. The van der Waals surface area contributed by atoms with Crippen molar-refractivity contribution in [2.45, 2.75) is 65.0 Å². The Bertz CT molecular complexity index is 1470. The summed E-state index contributed by atoms with van der Waals surface area (Å²) in [5.41, 5.74) is 3.85. The topological polar surface area (TPSA) is 95.3 Å². The van der Waals surface area contributed by atoms with Crippen molar-refractivity contribution in [3.05, 3.63) is 78.6 Å². The second-order valence-corrected chi connectivity index (χ2v) is 11.1. The van der Waals surface area contributed by atoms with Gasteiger partial charge in [0.15, 0.2) is 6.17 Å². The molecule has 0 saturated carbocycles. The molecule has 3 aromatic heterocycles. The number of aromatic nitrogens is 5. The van der Waals surface area contributed by atoms with Gasteiger partial charge >= 0.3 is 6.09 Å². The van der Waals surface area contributed by atoms with Crippen LogP contribution in [0.15, 0.2) is 67.3 Å². The number of pyridine rings is 1. The van der Waals surface area contributed by atoms with Gasteiger partial charge in [0.25, 0.3) is 0 Å². The number of aryl methyl sites for hydroxylation is 1. The molecule has 4 heterocycles. The summed E-state index contributed by atoms with van der Waals surface area (Å²) in [4.78, 5) is 27.3. The highest BCUT2D eigenvalue weighted by molar-refractivity contribution is 5.78. The van der Waals surface area contributed by atoms with Crippen LogP contribution in [0.5, 0.6) is 5.75 Å². The monoisotopic (exact) mass is 558 g/mol. The van der Waals surface area contributed by atoms with Crippen molar-refractivity contribution in [1.29, 1.82) is 0 Å². The molecule has 0 bridgehead atoms. The fourth-order valence-corrected chi connectivity index (χ4v) is 4.67. The molecule has 41 heavy (non-hydrogen) atoms. The molecule has 0 radical (unpaired) electrons. The van der Waals surface area contributed by atoms with E-state index in [0.717, 1.165) is 34.6 Å². The highest BCUT2D eigenvalue weighted by Crippen LogP contribution is 2.30. The van der Waals surface area contributed by atoms with Gasteiger partial charge in [-0.1, -0.05) is 12.1 Å². The number of alkyl halides is 1. The van der Waals surface area contributed by atoms with E-state index in [0.29, 0.717) is 31.0 Å². The number of carbonyl (C=O) groups is 1. The fourth-order valence-electron chi connectivity index (χ4n) is 4.67. The molecule has 1 aromatic carbocycles. The predicted octanol–water partition coefficient (Wildman–Crippen LogP) is 5.74. The summed E-state index contributed by atoms with van der Waals surface area (Å²) >= 11 is 0. The van der Waals surface area contributed by atoms with Gasteiger partial charge < -0.3 is 14.4 Å². The van der Waals surface area contributed by atoms with Gasteiger partial charge in [-0.3, -0.25) is 9.67 Å². The number of nitrogens with zero attached hydrogens (tertiary/aromatic N) is 6. The average Bonchev–Trinajstić information content (AvgIpc) is 3.40. The van der Waals surface area contributed by atoms with E-state index in [9.17, 15) is 9.18 Å². The molecule has 1 fully saturated rings. The molecular weight excluding hydrogens is 523 g/mol. The third kappa shape index (κ3) is 7.06. The summed E-state index contributed by atoms with van der Waals surface area (Å²) in [5, 5.41) is 4.73. The molecule has 0 spiro atoms. The van der Waals surface area contributed by atoms with Crippen LogP contribution in [0.25, 0.3) is 22.5 Å². The molecule has 214 valence electrons. The van der Waals surface area contributed by atoms with E-state index in [1.165, 1.54) is 4.90 Å². The first-order valence-corrected chi connectivity index (χ1v) is 13.9. The molecule has 1 aliphatic rings. The van der Waals surface area contributed by atoms with Gasteiger partial charge in [-0.05, 0) is 63.6 Å². The summed E-state index contributed by atoms with van der Waals surface area (Å²) in [7, 11) is 0. The number of hydrogen-bond acceptors (Lipinski definition) is 7. The molecule has 10 heteroatoms. The largest absolute Gasteiger partial charge is 0.487 e. The van der Waals surface area contributed by atoms with Crippen LogP contribution >= 0.6 is 0 Å². The standard InChI is InChI=1S/C31H35FN6O3/c1-5-38-19-24(29(36-38)22-7-6-14-33-18-22)26-12-15-34-28(35-26)17-21-8-10-23(11-9-21)40-27-13-16-37(20-25(27)32)30(39)41-31(2,3)4/h6-12,14-15,18-19,25,27H,5,13,16-17,20H2,1-4H3. The summed E-state index contributed by atoms with van der Waals surface area (Å²) in [6.07, 6.45) is 5.78. The number of benzene rings is 1. The van der Waals surface area contributed by atoms with Crippen LogP contribution in [0.4, 0.5) is 9.18 Å². The Morgan fingerprint density at radius 3 is 2.61 bits per heavy atom. The highest BCUT2D eigenvalue weighted by Gasteiger charge is 2.35. The molecule has 1 saturated heterocycles. The fraction of sp³-hybridized carbons (Fsp3) is 0.387. The number of amides is 1. The lowest BCUT2D eigenvalue weighted by molar-refractivity contribution is -0.0105.